The number of benzene rings is 2. The Morgan fingerprint density at radius 1 is 1.17 bits per heavy atom. The standard InChI is InChI=1S/C28H33N3O4S/c1-6-31-23-13-8-19(14-22(23)18(3)16-28(31,4)5)15-24-26(33)30(27(34)36-24)17-25(32)29-20-9-11-21(12-10-20)35-7-2/h8-15,18H,6-7,16-17H2,1-5H3,(H,29,32)/b24-15-/t18-/m1/s1. The van der Waals surface area contributed by atoms with E-state index in [9.17, 15) is 14.4 Å². The van der Waals surface area contributed by atoms with Crippen molar-refractivity contribution in [2.24, 2.45) is 0 Å². The lowest BCUT2D eigenvalue weighted by Gasteiger charge is -2.47. The highest BCUT2D eigenvalue weighted by Crippen LogP contribution is 2.44. The van der Waals surface area contributed by atoms with E-state index in [-0.39, 0.29) is 12.1 Å². The van der Waals surface area contributed by atoms with Gasteiger partial charge in [-0.1, -0.05) is 13.0 Å². The normalized spacial score (nSPS) is 20.0. The molecule has 1 saturated heterocycles. The second-order valence-electron chi connectivity index (χ2n) is 9.75. The minimum absolute atomic E-state index is 0.0806. The molecule has 0 unspecified atom stereocenters. The zero-order valence-electron chi connectivity index (χ0n) is 21.5. The van der Waals surface area contributed by atoms with Crippen LogP contribution in [-0.2, 0) is 9.59 Å². The first-order valence-corrected chi connectivity index (χ1v) is 13.1. The number of thioether (sulfide) groups is 1. The van der Waals surface area contributed by atoms with Crippen LogP contribution in [-0.4, -0.2) is 47.2 Å². The fourth-order valence-corrected chi connectivity index (χ4v) is 5.97. The molecule has 2 aliphatic heterocycles. The molecule has 36 heavy (non-hydrogen) atoms. The molecule has 0 spiro atoms. The molecule has 0 radical (unpaired) electrons. The summed E-state index contributed by atoms with van der Waals surface area (Å²) in [7, 11) is 0. The number of carbonyl (C=O) groups is 3. The van der Waals surface area contributed by atoms with E-state index in [1.165, 1.54) is 11.3 Å². The van der Waals surface area contributed by atoms with Crippen molar-refractivity contribution in [3.63, 3.8) is 0 Å². The highest BCUT2D eigenvalue weighted by Gasteiger charge is 2.37. The molecule has 7 nitrogen and oxygen atoms in total. The Hall–Kier alpha value is -3.26. The SMILES string of the molecule is CCOc1ccc(NC(=O)CN2C(=O)S/C(=C\c3ccc4c(c3)[C@H](C)CC(C)(C)N4CC)C2=O)cc1. The number of hydrogen-bond donors (Lipinski definition) is 1. The maximum absolute atomic E-state index is 13.0. The van der Waals surface area contributed by atoms with E-state index in [4.69, 9.17) is 4.74 Å². The quantitative estimate of drug-likeness (QED) is 0.472. The van der Waals surface area contributed by atoms with Crippen molar-refractivity contribution in [1.82, 2.24) is 4.90 Å². The summed E-state index contributed by atoms with van der Waals surface area (Å²) in [6.07, 6.45) is 2.79. The fourth-order valence-electron chi connectivity index (χ4n) is 5.13. The number of nitrogens with one attached hydrogen (secondary N) is 1. The minimum Gasteiger partial charge on any atom is -0.494 e. The molecule has 2 heterocycles. The van der Waals surface area contributed by atoms with Gasteiger partial charge in [-0.05, 0) is 105 Å². The van der Waals surface area contributed by atoms with Gasteiger partial charge in [0.05, 0.1) is 11.5 Å². The average molecular weight is 508 g/mol. The van der Waals surface area contributed by atoms with Crippen LogP contribution in [0.4, 0.5) is 16.2 Å². The summed E-state index contributed by atoms with van der Waals surface area (Å²) in [6, 6.07) is 13.1. The van der Waals surface area contributed by atoms with Crippen LogP contribution in [0.3, 0.4) is 0 Å². The van der Waals surface area contributed by atoms with Crippen molar-refractivity contribution >= 4 is 46.3 Å². The Balaban J connectivity index is 1.46. The molecular weight excluding hydrogens is 474 g/mol. The van der Waals surface area contributed by atoms with Gasteiger partial charge in [0, 0.05) is 23.5 Å². The van der Waals surface area contributed by atoms with Gasteiger partial charge in [0.1, 0.15) is 12.3 Å². The Bertz CT molecular complexity index is 1210. The van der Waals surface area contributed by atoms with Gasteiger partial charge in [0.25, 0.3) is 11.1 Å². The summed E-state index contributed by atoms with van der Waals surface area (Å²) in [5, 5.41) is 2.28. The van der Waals surface area contributed by atoms with Gasteiger partial charge < -0.3 is 15.0 Å². The number of fused-ring (bicyclic) bond motifs is 1. The summed E-state index contributed by atoms with van der Waals surface area (Å²) in [5.41, 5.74) is 3.99. The number of rotatable bonds is 7. The van der Waals surface area contributed by atoms with Gasteiger partial charge in [-0.3, -0.25) is 19.3 Å². The number of ether oxygens (including phenoxy) is 1. The van der Waals surface area contributed by atoms with Crippen LogP contribution in [0.2, 0.25) is 0 Å². The molecule has 0 aromatic heterocycles. The fraction of sp³-hybridized carbons (Fsp3) is 0.393. The van der Waals surface area contributed by atoms with E-state index in [1.54, 1.807) is 30.3 Å². The Kier molecular flexibility index (Phi) is 7.45. The van der Waals surface area contributed by atoms with Crippen LogP contribution in [0, 0.1) is 0 Å². The Morgan fingerprint density at radius 2 is 1.89 bits per heavy atom. The first kappa shape index (κ1) is 25.8. The summed E-state index contributed by atoms with van der Waals surface area (Å²) >= 11 is 0.867. The van der Waals surface area contributed by atoms with Crippen molar-refractivity contribution in [2.45, 2.75) is 52.5 Å². The maximum atomic E-state index is 13.0. The number of carbonyl (C=O) groups excluding carboxylic acids is 3. The van der Waals surface area contributed by atoms with E-state index >= 15 is 0 Å². The van der Waals surface area contributed by atoms with Crippen molar-refractivity contribution in [3.05, 3.63) is 58.5 Å². The summed E-state index contributed by atoms with van der Waals surface area (Å²) in [6.45, 7) is 12.0. The van der Waals surface area contributed by atoms with Crippen LogP contribution >= 0.6 is 11.8 Å². The topological polar surface area (TPSA) is 79.0 Å². The van der Waals surface area contributed by atoms with Gasteiger partial charge in [-0.25, -0.2) is 0 Å². The lowest BCUT2D eigenvalue weighted by molar-refractivity contribution is -0.127. The van der Waals surface area contributed by atoms with Gasteiger partial charge in [0.15, 0.2) is 0 Å². The first-order valence-electron chi connectivity index (χ1n) is 12.3. The van der Waals surface area contributed by atoms with E-state index in [1.807, 2.05) is 13.0 Å². The van der Waals surface area contributed by atoms with E-state index in [0.717, 1.165) is 35.2 Å². The molecule has 1 atom stereocenters. The second-order valence-corrected chi connectivity index (χ2v) is 10.7. The predicted molar refractivity (Wildman–Crippen MR) is 145 cm³/mol. The third-order valence-corrected chi connectivity index (χ3v) is 7.56. The number of amides is 3. The second kappa shape index (κ2) is 10.4. The number of hydrogen-bond acceptors (Lipinski definition) is 6. The maximum Gasteiger partial charge on any atom is 0.294 e. The van der Waals surface area contributed by atoms with E-state index < -0.39 is 17.1 Å². The lowest BCUT2D eigenvalue weighted by Crippen LogP contribution is -2.48. The van der Waals surface area contributed by atoms with Crippen LogP contribution in [0.1, 0.15) is 58.1 Å². The summed E-state index contributed by atoms with van der Waals surface area (Å²) < 4.78 is 5.40. The number of imide groups is 1. The number of anilines is 2. The molecule has 2 aliphatic rings. The smallest absolute Gasteiger partial charge is 0.294 e. The largest absolute Gasteiger partial charge is 0.494 e. The van der Waals surface area contributed by atoms with Crippen LogP contribution in [0.5, 0.6) is 5.75 Å². The molecule has 2 aromatic rings. The van der Waals surface area contributed by atoms with Gasteiger partial charge in [0.2, 0.25) is 5.91 Å². The molecule has 0 aliphatic carbocycles. The Morgan fingerprint density at radius 3 is 2.56 bits per heavy atom. The molecule has 0 saturated carbocycles. The van der Waals surface area contributed by atoms with Crippen LogP contribution in [0.15, 0.2) is 47.4 Å². The third-order valence-electron chi connectivity index (χ3n) is 6.65. The minimum atomic E-state index is -0.450. The zero-order chi connectivity index (χ0) is 26.0. The van der Waals surface area contributed by atoms with Gasteiger partial charge in [-0.2, -0.15) is 0 Å². The predicted octanol–water partition coefficient (Wildman–Crippen LogP) is 5.87. The lowest BCUT2D eigenvalue weighted by atomic mass is 9.79. The molecule has 0 bridgehead atoms. The third kappa shape index (κ3) is 5.28. The van der Waals surface area contributed by atoms with E-state index in [0.29, 0.717) is 28.9 Å². The highest BCUT2D eigenvalue weighted by atomic mass is 32.2. The summed E-state index contributed by atoms with van der Waals surface area (Å²) in [4.78, 5) is 41.8. The monoisotopic (exact) mass is 507 g/mol. The van der Waals surface area contributed by atoms with Crippen LogP contribution < -0.4 is 15.0 Å². The van der Waals surface area contributed by atoms with E-state index in [2.05, 4.69) is 50.0 Å². The van der Waals surface area contributed by atoms with Gasteiger partial charge >= 0.3 is 0 Å². The molecule has 2 aromatic carbocycles. The van der Waals surface area contributed by atoms with Crippen molar-refractivity contribution in [2.75, 3.05) is 29.9 Å². The zero-order valence-corrected chi connectivity index (χ0v) is 22.3. The molecule has 1 fully saturated rings. The highest BCUT2D eigenvalue weighted by molar-refractivity contribution is 8.18. The Labute approximate surface area is 216 Å². The van der Waals surface area contributed by atoms with Crippen molar-refractivity contribution in [1.29, 1.82) is 0 Å². The molecule has 3 amide bonds. The average Bonchev–Trinajstić information content (AvgIpc) is 3.08. The summed E-state index contributed by atoms with van der Waals surface area (Å²) in [5.74, 6) is 0.197. The molecule has 1 N–H and O–H groups in total. The first-order chi connectivity index (χ1) is 17.1. The molecular formula is C28H33N3O4S. The molecule has 4 rings (SSSR count). The van der Waals surface area contributed by atoms with Gasteiger partial charge in [-0.15, -0.1) is 0 Å². The van der Waals surface area contributed by atoms with Crippen molar-refractivity contribution < 1.29 is 19.1 Å². The number of nitrogens with zero attached hydrogens (tertiary/aromatic N) is 2. The molecule has 190 valence electrons. The van der Waals surface area contributed by atoms with Crippen molar-refractivity contribution in [3.8, 4) is 5.75 Å². The molecule has 8 heteroatoms. The van der Waals surface area contributed by atoms with Crippen LogP contribution in [0.25, 0.3) is 6.08 Å².